The zero-order valence-electron chi connectivity index (χ0n) is 21.8. The number of aromatic nitrogens is 5. The van der Waals surface area contributed by atoms with E-state index in [0.29, 0.717) is 19.0 Å². The van der Waals surface area contributed by atoms with Crippen LogP contribution in [0.2, 0.25) is 0 Å². The third-order valence-electron chi connectivity index (χ3n) is 6.16. The Morgan fingerprint density at radius 1 is 1.12 bits per heavy atom. The van der Waals surface area contributed by atoms with E-state index in [2.05, 4.69) is 32.4 Å². The molecule has 0 bridgehead atoms. The summed E-state index contributed by atoms with van der Waals surface area (Å²) in [5.41, 5.74) is 6.38. The van der Waals surface area contributed by atoms with Crippen molar-refractivity contribution in [3.8, 4) is 5.69 Å². The molecule has 0 saturated carbocycles. The van der Waals surface area contributed by atoms with Gasteiger partial charge in [0.15, 0.2) is 0 Å². The summed E-state index contributed by atoms with van der Waals surface area (Å²) in [5.74, 6) is -4.68. The average molecular weight is 551 g/mol. The van der Waals surface area contributed by atoms with Gasteiger partial charge in [-0.25, -0.2) is 4.39 Å². The van der Waals surface area contributed by atoms with Gasteiger partial charge in [-0.05, 0) is 28.6 Å². The van der Waals surface area contributed by atoms with Crippen molar-refractivity contribution in [3.63, 3.8) is 0 Å². The number of carbonyl (C=O) groups excluding carboxylic acids is 4. The van der Waals surface area contributed by atoms with Crippen LogP contribution < -0.4 is 26.5 Å². The Labute approximate surface area is 227 Å². The third kappa shape index (κ3) is 5.43. The molecule has 15 heteroatoms. The number of rotatable bonds is 6. The van der Waals surface area contributed by atoms with Gasteiger partial charge in [0.05, 0.1) is 21.8 Å². The van der Waals surface area contributed by atoms with E-state index in [9.17, 15) is 23.6 Å². The highest BCUT2D eigenvalue weighted by Gasteiger charge is 2.30. The molecule has 2 aromatic heterocycles. The first-order chi connectivity index (χ1) is 19.1. The second-order valence-electron chi connectivity index (χ2n) is 8.91. The number of likely N-dealkylation sites (N-methyl/N-ethyl adjacent to an activating group) is 1. The maximum absolute atomic E-state index is 14.9. The van der Waals surface area contributed by atoms with E-state index < -0.39 is 35.2 Å². The predicted molar refractivity (Wildman–Crippen MR) is 141 cm³/mol. The summed E-state index contributed by atoms with van der Waals surface area (Å²) in [6.45, 7) is 4.43. The van der Waals surface area contributed by atoms with Gasteiger partial charge in [-0.15, -0.1) is 0 Å². The first-order valence-electron chi connectivity index (χ1n) is 12.1. The van der Waals surface area contributed by atoms with E-state index in [1.807, 2.05) is 35.2 Å². The second-order valence-corrected chi connectivity index (χ2v) is 8.91. The van der Waals surface area contributed by atoms with E-state index in [1.165, 1.54) is 19.0 Å². The Balaban J connectivity index is 1.54. The number of Topliss-reactive ketones (excluding diaryl/α,β-unsaturated/α-hetero) is 1. The molecule has 1 aliphatic rings. The average Bonchev–Trinajstić information content (AvgIpc) is 3.64. The Bertz CT molecular complexity index is 1590. The van der Waals surface area contributed by atoms with Gasteiger partial charge in [-0.1, -0.05) is 29.9 Å². The highest BCUT2D eigenvalue weighted by Crippen LogP contribution is 2.17. The molecule has 3 amide bonds. The molecule has 14 nitrogen and oxygen atoms in total. The lowest BCUT2D eigenvalue weighted by molar-refractivity contribution is -0.143. The lowest BCUT2D eigenvalue weighted by Gasteiger charge is -2.34. The molecule has 0 atom stereocenters. The summed E-state index contributed by atoms with van der Waals surface area (Å²) in [6.07, 6.45) is 1.95. The number of tetrazole rings is 1. The van der Waals surface area contributed by atoms with Crippen LogP contribution in [0.4, 0.5) is 10.3 Å². The van der Waals surface area contributed by atoms with E-state index in [1.54, 1.807) is 4.68 Å². The number of ketones is 1. The Hall–Kier alpha value is -5.34. The number of amides is 3. The maximum Gasteiger partial charge on any atom is 0.315 e. The van der Waals surface area contributed by atoms with Crippen LogP contribution in [0.25, 0.3) is 17.3 Å². The summed E-state index contributed by atoms with van der Waals surface area (Å²) < 4.78 is 16.5. The third-order valence-corrected chi connectivity index (χ3v) is 6.16. The van der Waals surface area contributed by atoms with Crippen LogP contribution in [0.15, 0.2) is 49.2 Å². The highest BCUT2D eigenvalue weighted by atomic mass is 19.1. The van der Waals surface area contributed by atoms with Crippen LogP contribution in [0.1, 0.15) is 10.4 Å². The van der Waals surface area contributed by atoms with Crippen molar-refractivity contribution in [2.24, 2.45) is 5.73 Å². The van der Waals surface area contributed by atoms with Crippen molar-refractivity contribution in [1.82, 2.24) is 40.3 Å². The summed E-state index contributed by atoms with van der Waals surface area (Å²) in [4.78, 5) is 57.2. The number of hydrogen-bond acceptors (Lipinski definition) is 9. The molecule has 0 radical (unpaired) electrons. The largest absolute Gasteiger partial charge is 0.383 e. The number of hydrogen-bond donors (Lipinski definition) is 3. The van der Waals surface area contributed by atoms with Gasteiger partial charge in [-0.2, -0.15) is 4.68 Å². The summed E-state index contributed by atoms with van der Waals surface area (Å²) >= 11 is 0. The van der Waals surface area contributed by atoms with Crippen LogP contribution in [0.3, 0.4) is 0 Å². The molecule has 1 saturated heterocycles. The number of aromatic amines is 1. The van der Waals surface area contributed by atoms with Crippen LogP contribution >= 0.6 is 0 Å². The quantitative estimate of drug-likeness (QED) is 0.232. The number of piperazine rings is 1. The molecule has 0 aliphatic carbocycles. The fourth-order valence-electron chi connectivity index (χ4n) is 4.09. The Morgan fingerprint density at radius 3 is 2.42 bits per heavy atom. The number of allylic oxidation sites excluding steroid dienone is 1. The van der Waals surface area contributed by atoms with E-state index in [0.717, 1.165) is 22.9 Å². The fraction of sp³-hybridized carbons (Fsp3) is 0.240. The van der Waals surface area contributed by atoms with Gasteiger partial charge in [0.1, 0.15) is 11.6 Å². The van der Waals surface area contributed by atoms with Gasteiger partial charge >= 0.3 is 11.8 Å². The first-order valence-corrected chi connectivity index (χ1v) is 12.1. The molecule has 4 N–H and O–H groups in total. The molecule has 4 rings (SSSR count). The molecule has 0 unspecified atom stereocenters. The number of nitrogens with one attached hydrogen (secondary N) is 2. The van der Waals surface area contributed by atoms with Crippen LogP contribution in [-0.2, 0) is 14.4 Å². The van der Waals surface area contributed by atoms with Crippen molar-refractivity contribution in [3.05, 3.63) is 65.3 Å². The van der Waals surface area contributed by atoms with E-state index in [-0.39, 0.29) is 29.2 Å². The van der Waals surface area contributed by atoms with Crippen molar-refractivity contribution in [1.29, 1.82) is 0 Å². The number of H-pyrrole nitrogens is 1. The molecule has 3 heterocycles. The zero-order chi connectivity index (χ0) is 29.0. The van der Waals surface area contributed by atoms with Crippen LogP contribution in [0.5, 0.6) is 0 Å². The minimum absolute atomic E-state index is 0.184. The van der Waals surface area contributed by atoms with Crippen molar-refractivity contribution in [2.45, 2.75) is 0 Å². The number of para-hydroxylation sites is 1. The monoisotopic (exact) mass is 550 g/mol. The molecule has 1 aliphatic heterocycles. The molecular weight excluding hydrogens is 523 g/mol. The van der Waals surface area contributed by atoms with Crippen molar-refractivity contribution < 1.29 is 23.6 Å². The summed E-state index contributed by atoms with van der Waals surface area (Å²) in [7, 11) is 2.74. The number of nitrogens with zero attached hydrogens (tertiary/aromatic N) is 7. The summed E-state index contributed by atoms with van der Waals surface area (Å²) in [6, 6.07) is 9.31. The Morgan fingerprint density at radius 2 is 1.80 bits per heavy atom. The lowest BCUT2D eigenvalue weighted by Crippen LogP contribution is -2.52. The number of anilines is 1. The van der Waals surface area contributed by atoms with Gasteiger partial charge in [0.25, 0.3) is 11.7 Å². The maximum atomic E-state index is 14.9. The molecule has 208 valence electrons. The first kappa shape index (κ1) is 27.7. The molecule has 3 aromatic rings. The van der Waals surface area contributed by atoms with E-state index in [4.69, 9.17) is 5.73 Å². The molecule has 1 aromatic carbocycles. The number of carbonyl (C=O) groups is 4. The van der Waals surface area contributed by atoms with Crippen molar-refractivity contribution in [2.75, 3.05) is 45.2 Å². The van der Waals surface area contributed by atoms with Gasteiger partial charge in [0, 0.05) is 46.5 Å². The van der Waals surface area contributed by atoms with Gasteiger partial charge in [-0.3, -0.25) is 19.2 Å². The smallest absolute Gasteiger partial charge is 0.315 e. The predicted octanol–water partition coefficient (Wildman–Crippen LogP) is -1.99. The second kappa shape index (κ2) is 11.6. The fourth-order valence-corrected chi connectivity index (χ4v) is 4.09. The standard InChI is InChI=1S/C25H27FN10O4/c1-4-17(26)18-16(14-28-19(18)21(27)29-22(38)24(40)33(2)3)20(37)23(39)34-10-12-35(13-11-34)25-30-31-32-36(25)15-8-6-5-7-9-15/h4-9,14,28H,1,10-13,27H2,2-3H3,(H,29,38)/b18-17+,21-19-. The van der Waals surface area contributed by atoms with Crippen molar-refractivity contribution >= 4 is 41.1 Å². The molecule has 40 heavy (non-hydrogen) atoms. The SMILES string of the molecule is C=C/C(F)=c1/c(C(=O)C(=O)N2CCN(c3nnnn3-c3ccccc3)CC2)c[nH]/c1=C(/N)NC(=O)C(=O)N(C)C. The van der Waals surface area contributed by atoms with E-state index >= 15 is 0 Å². The lowest BCUT2D eigenvalue weighted by atomic mass is 10.1. The normalized spacial score (nSPS) is 14.8. The topological polar surface area (TPSA) is 175 Å². The molecule has 1 fully saturated rings. The highest BCUT2D eigenvalue weighted by molar-refractivity contribution is 6.42. The van der Waals surface area contributed by atoms with Gasteiger partial charge in [0.2, 0.25) is 5.95 Å². The number of nitrogens with two attached hydrogens (primary N) is 1. The molecule has 0 spiro atoms. The minimum atomic E-state index is -1.07. The number of halogens is 1. The van der Waals surface area contributed by atoms with Crippen LogP contribution in [0, 0.1) is 0 Å². The summed E-state index contributed by atoms with van der Waals surface area (Å²) in [5, 5.41) is 13.5. The minimum Gasteiger partial charge on any atom is -0.383 e. The molecular formula is C25H27FN10O4. The van der Waals surface area contributed by atoms with Gasteiger partial charge < -0.3 is 30.7 Å². The number of benzene rings is 1. The zero-order valence-corrected chi connectivity index (χ0v) is 21.8. The Kier molecular flexibility index (Phi) is 8.02. The van der Waals surface area contributed by atoms with Crippen LogP contribution in [-0.4, -0.2) is 98.8 Å².